The van der Waals surface area contributed by atoms with Crippen LogP contribution in [0.2, 0.25) is 10.2 Å². The number of halogens is 2. The van der Waals surface area contributed by atoms with Crippen LogP contribution in [-0.4, -0.2) is 45.2 Å². The molecule has 0 fully saturated rings. The molecule has 6 rings (SSSR count). The van der Waals surface area contributed by atoms with Gasteiger partial charge in [0, 0.05) is 35.3 Å². The molecule has 0 spiro atoms. The van der Waals surface area contributed by atoms with E-state index in [0.717, 1.165) is 17.7 Å². The van der Waals surface area contributed by atoms with E-state index >= 15 is 0 Å². The summed E-state index contributed by atoms with van der Waals surface area (Å²) in [5.74, 6) is -0.299. The number of pyridine rings is 1. The Labute approximate surface area is 251 Å². The van der Waals surface area contributed by atoms with Crippen molar-refractivity contribution in [2.24, 2.45) is 5.92 Å². The Bertz CT molecular complexity index is 1840. The fraction of sp³-hybridized carbons (Fsp3) is 0.276. The molecular formula is C29H27Cl2N9O2. The first-order chi connectivity index (χ1) is 20.3. The molecule has 0 aliphatic carbocycles. The van der Waals surface area contributed by atoms with Gasteiger partial charge in [-0.15, -0.1) is 5.10 Å². The lowest BCUT2D eigenvalue weighted by molar-refractivity contribution is -0.119. The summed E-state index contributed by atoms with van der Waals surface area (Å²) in [6.07, 6.45) is 8.51. The molecule has 0 unspecified atom stereocenters. The van der Waals surface area contributed by atoms with Crippen LogP contribution in [-0.2, 0) is 11.3 Å². The Kier molecular flexibility index (Phi) is 7.61. The predicted octanol–water partition coefficient (Wildman–Crippen LogP) is 5.42. The standard InChI is InChI=1S/C29H27Cl2N9O2/c1-3-39-28-22-11-18(9-10-32-22)24(6-4-5-17(2)29(42)35-23(28)14-34-39)38-16-33-21(13-27(38)41)20-12-19(30)7-8-25(20)40-15-26(31)36-37-40/h7-17,24H,3-6H2,1-2H3,(H,35,42)/t17-,24+/m1/s1. The number of anilines is 1. The van der Waals surface area contributed by atoms with Gasteiger partial charge in [-0.3, -0.25) is 23.8 Å². The number of nitrogens with zero attached hydrogens (tertiary/aromatic N) is 8. The van der Waals surface area contributed by atoms with E-state index in [1.807, 2.05) is 26.0 Å². The van der Waals surface area contributed by atoms with E-state index in [1.165, 1.54) is 10.7 Å². The van der Waals surface area contributed by atoms with Crippen molar-refractivity contribution < 1.29 is 4.79 Å². The summed E-state index contributed by atoms with van der Waals surface area (Å²) >= 11 is 12.3. The second kappa shape index (κ2) is 11.5. The van der Waals surface area contributed by atoms with Crippen molar-refractivity contribution in [3.8, 4) is 28.3 Å². The average Bonchev–Trinajstić information content (AvgIpc) is 3.60. The third kappa shape index (κ3) is 5.33. The molecule has 1 N–H and O–H groups in total. The minimum absolute atomic E-state index is 0.0747. The molecule has 2 atom stereocenters. The molecule has 2 bridgehead atoms. The van der Waals surface area contributed by atoms with Gasteiger partial charge in [-0.1, -0.05) is 41.8 Å². The number of aromatic nitrogens is 8. The first-order valence-corrected chi connectivity index (χ1v) is 14.4. The van der Waals surface area contributed by atoms with E-state index < -0.39 is 0 Å². The van der Waals surface area contributed by atoms with Gasteiger partial charge < -0.3 is 5.32 Å². The van der Waals surface area contributed by atoms with Gasteiger partial charge in [-0.25, -0.2) is 9.67 Å². The molecule has 1 aliphatic heterocycles. The van der Waals surface area contributed by atoms with E-state index in [-0.39, 0.29) is 28.6 Å². The van der Waals surface area contributed by atoms with Gasteiger partial charge in [0.05, 0.1) is 47.5 Å². The fourth-order valence-corrected chi connectivity index (χ4v) is 5.61. The zero-order chi connectivity index (χ0) is 29.4. The van der Waals surface area contributed by atoms with Crippen molar-refractivity contribution in [1.82, 2.24) is 39.3 Å². The Morgan fingerprint density at radius 1 is 1.05 bits per heavy atom. The maximum absolute atomic E-state index is 13.7. The maximum Gasteiger partial charge on any atom is 0.254 e. The van der Waals surface area contributed by atoms with Gasteiger partial charge in [0.1, 0.15) is 5.69 Å². The van der Waals surface area contributed by atoms with Crippen molar-refractivity contribution >= 4 is 34.8 Å². The molecule has 5 heterocycles. The highest BCUT2D eigenvalue weighted by Crippen LogP contribution is 2.33. The van der Waals surface area contributed by atoms with Gasteiger partial charge in [0.25, 0.3) is 5.56 Å². The van der Waals surface area contributed by atoms with Crippen LogP contribution in [0.4, 0.5) is 5.69 Å². The summed E-state index contributed by atoms with van der Waals surface area (Å²) in [6, 6.07) is 10.3. The minimum Gasteiger partial charge on any atom is -0.323 e. The molecule has 13 heteroatoms. The number of carbonyl (C=O) groups excluding carboxylic acids is 1. The van der Waals surface area contributed by atoms with E-state index in [0.29, 0.717) is 52.7 Å². The van der Waals surface area contributed by atoms with Crippen LogP contribution in [0.25, 0.3) is 28.3 Å². The van der Waals surface area contributed by atoms with Gasteiger partial charge >= 0.3 is 0 Å². The summed E-state index contributed by atoms with van der Waals surface area (Å²) < 4.78 is 4.95. The maximum atomic E-state index is 13.7. The van der Waals surface area contributed by atoms with Crippen LogP contribution in [0.3, 0.4) is 0 Å². The highest BCUT2D eigenvalue weighted by atomic mass is 35.5. The molecule has 11 nitrogen and oxygen atoms in total. The zero-order valence-electron chi connectivity index (χ0n) is 22.9. The molecule has 0 saturated carbocycles. The number of benzene rings is 1. The summed E-state index contributed by atoms with van der Waals surface area (Å²) in [5.41, 5.74) is 4.35. The topological polar surface area (TPSA) is 125 Å². The van der Waals surface area contributed by atoms with Crippen molar-refractivity contribution in [3.05, 3.63) is 87.4 Å². The molecular weight excluding hydrogens is 577 g/mol. The molecule has 0 saturated heterocycles. The number of amides is 1. The molecule has 42 heavy (non-hydrogen) atoms. The van der Waals surface area contributed by atoms with Crippen LogP contribution in [0.5, 0.6) is 0 Å². The van der Waals surface area contributed by atoms with Gasteiger partial charge in [-0.2, -0.15) is 5.10 Å². The zero-order valence-corrected chi connectivity index (χ0v) is 24.4. The molecule has 214 valence electrons. The molecule has 1 aromatic carbocycles. The van der Waals surface area contributed by atoms with Crippen molar-refractivity contribution in [1.29, 1.82) is 0 Å². The number of hydrogen-bond donors (Lipinski definition) is 1. The molecule has 1 amide bonds. The summed E-state index contributed by atoms with van der Waals surface area (Å²) in [6.45, 7) is 4.49. The van der Waals surface area contributed by atoms with Gasteiger partial charge in [0.15, 0.2) is 5.15 Å². The third-order valence-corrected chi connectivity index (χ3v) is 7.90. The normalized spacial score (nSPS) is 17.2. The Morgan fingerprint density at radius 3 is 2.67 bits per heavy atom. The van der Waals surface area contributed by atoms with Crippen molar-refractivity contribution in [3.63, 3.8) is 0 Å². The SMILES string of the molecule is CCn1ncc2c1-c1cc(ccn1)[C@@H](n1cnc(-c3cc(Cl)ccc3-n3cc(Cl)nn3)cc1=O)CCC[C@@H](C)C(=O)N2. The second-order valence-electron chi connectivity index (χ2n) is 10.2. The van der Waals surface area contributed by atoms with Crippen LogP contribution in [0, 0.1) is 5.92 Å². The smallest absolute Gasteiger partial charge is 0.254 e. The minimum atomic E-state index is -0.329. The van der Waals surface area contributed by atoms with Gasteiger partial charge in [-0.05, 0) is 55.7 Å². The summed E-state index contributed by atoms with van der Waals surface area (Å²) in [5, 5.41) is 16.1. The quantitative estimate of drug-likeness (QED) is 0.290. The van der Waals surface area contributed by atoms with E-state index in [2.05, 4.69) is 30.7 Å². The average molecular weight is 605 g/mol. The highest BCUT2D eigenvalue weighted by molar-refractivity contribution is 6.31. The number of hydrogen-bond acceptors (Lipinski definition) is 7. The number of rotatable bonds is 4. The predicted molar refractivity (Wildman–Crippen MR) is 160 cm³/mol. The third-order valence-electron chi connectivity index (χ3n) is 7.49. The van der Waals surface area contributed by atoms with Crippen LogP contribution >= 0.6 is 23.2 Å². The first-order valence-electron chi connectivity index (χ1n) is 13.6. The Morgan fingerprint density at radius 2 is 1.90 bits per heavy atom. The molecule has 5 aromatic rings. The largest absolute Gasteiger partial charge is 0.323 e. The monoisotopic (exact) mass is 603 g/mol. The summed E-state index contributed by atoms with van der Waals surface area (Å²) in [7, 11) is 0. The number of aryl methyl sites for hydroxylation is 1. The number of nitrogens with one attached hydrogen (secondary N) is 1. The van der Waals surface area contributed by atoms with Crippen molar-refractivity contribution in [2.75, 3.05) is 5.32 Å². The molecule has 0 radical (unpaired) electrons. The van der Waals surface area contributed by atoms with E-state index in [1.54, 1.807) is 52.4 Å². The van der Waals surface area contributed by atoms with E-state index in [4.69, 9.17) is 23.2 Å². The van der Waals surface area contributed by atoms with Crippen LogP contribution in [0.1, 0.15) is 44.7 Å². The molecule has 4 aromatic heterocycles. The lowest BCUT2D eigenvalue weighted by atomic mass is 9.95. The number of fused-ring (bicyclic) bond motifs is 4. The lowest BCUT2D eigenvalue weighted by Gasteiger charge is -2.23. The second-order valence-corrected chi connectivity index (χ2v) is 11.0. The Hall–Kier alpha value is -4.35. The Balaban J connectivity index is 1.44. The lowest BCUT2D eigenvalue weighted by Crippen LogP contribution is -2.26. The van der Waals surface area contributed by atoms with Crippen LogP contribution < -0.4 is 10.9 Å². The first kappa shape index (κ1) is 27.8. The van der Waals surface area contributed by atoms with Gasteiger partial charge in [0.2, 0.25) is 5.91 Å². The highest BCUT2D eigenvalue weighted by Gasteiger charge is 2.24. The number of carbonyl (C=O) groups is 1. The summed E-state index contributed by atoms with van der Waals surface area (Å²) in [4.78, 5) is 36.0. The fourth-order valence-electron chi connectivity index (χ4n) is 5.31. The van der Waals surface area contributed by atoms with E-state index in [9.17, 15) is 9.59 Å². The van der Waals surface area contributed by atoms with Crippen molar-refractivity contribution in [2.45, 2.75) is 45.7 Å². The molecule has 1 aliphatic rings. The van der Waals surface area contributed by atoms with Crippen LogP contribution in [0.15, 0.2) is 66.1 Å².